The molecular formula is C9H8ClN3O. The van der Waals surface area contributed by atoms with Gasteiger partial charge in [-0.05, 0) is 18.1 Å². The number of amides is 1. The van der Waals surface area contributed by atoms with Crippen LogP contribution in [0.15, 0.2) is 12.1 Å². The van der Waals surface area contributed by atoms with E-state index in [2.05, 4.69) is 16.8 Å². The van der Waals surface area contributed by atoms with Gasteiger partial charge in [0, 0.05) is 0 Å². The number of rotatable bonds is 1. The van der Waals surface area contributed by atoms with Crippen LogP contribution in [0.3, 0.4) is 0 Å². The molecule has 0 saturated carbocycles. The third kappa shape index (κ3) is 2.96. The Morgan fingerprint density at radius 2 is 2.29 bits per heavy atom. The van der Waals surface area contributed by atoms with Crippen LogP contribution >= 0.6 is 11.6 Å². The summed E-state index contributed by atoms with van der Waals surface area (Å²) in [6, 6.07) is 3.17. The van der Waals surface area contributed by atoms with Crippen LogP contribution in [0.1, 0.15) is 12.1 Å². The van der Waals surface area contributed by atoms with Gasteiger partial charge in [-0.1, -0.05) is 17.5 Å². The summed E-state index contributed by atoms with van der Waals surface area (Å²) in [5.74, 6) is 4.67. The van der Waals surface area contributed by atoms with Gasteiger partial charge in [0.2, 0.25) is 5.91 Å². The average Bonchev–Trinajstić information content (AvgIpc) is 2.10. The van der Waals surface area contributed by atoms with Crippen LogP contribution < -0.4 is 11.5 Å². The van der Waals surface area contributed by atoms with E-state index < -0.39 is 5.91 Å². The van der Waals surface area contributed by atoms with E-state index in [1.165, 1.54) is 0 Å². The first-order valence-corrected chi connectivity index (χ1v) is 4.16. The monoisotopic (exact) mass is 209 g/mol. The van der Waals surface area contributed by atoms with Gasteiger partial charge in [-0.25, -0.2) is 4.98 Å². The van der Waals surface area contributed by atoms with E-state index in [1.54, 1.807) is 12.1 Å². The zero-order chi connectivity index (χ0) is 10.6. The summed E-state index contributed by atoms with van der Waals surface area (Å²) < 4.78 is 0. The predicted octanol–water partition coefficient (Wildman–Crippen LogP) is 0.544. The fourth-order valence-electron chi connectivity index (χ4n) is 0.761. The normalized spacial score (nSPS) is 8.93. The second kappa shape index (κ2) is 4.49. The molecule has 0 unspecified atom stereocenters. The highest BCUT2D eigenvalue weighted by Gasteiger charge is 1.97. The van der Waals surface area contributed by atoms with Crippen molar-refractivity contribution in [2.24, 2.45) is 5.73 Å². The van der Waals surface area contributed by atoms with Crippen LogP contribution in [0.25, 0.3) is 0 Å². The molecule has 4 nitrogen and oxygen atoms in total. The molecule has 14 heavy (non-hydrogen) atoms. The van der Waals surface area contributed by atoms with Crippen molar-refractivity contribution in [3.05, 3.63) is 23.0 Å². The van der Waals surface area contributed by atoms with E-state index in [0.29, 0.717) is 16.5 Å². The number of nitrogens with zero attached hydrogens (tertiary/aromatic N) is 1. The number of carbonyl (C=O) groups excluding carboxylic acids is 1. The molecule has 4 N–H and O–H groups in total. The molecule has 0 spiro atoms. The van der Waals surface area contributed by atoms with E-state index in [-0.39, 0.29) is 6.42 Å². The molecule has 1 rings (SSSR count). The fraction of sp³-hybridized carbons (Fsp3) is 0.111. The van der Waals surface area contributed by atoms with Crippen LogP contribution in [-0.2, 0) is 4.79 Å². The number of anilines is 1. The van der Waals surface area contributed by atoms with E-state index >= 15 is 0 Å². The number of halogens is 1. The molecule has 0 aromatic carbocycles. The Kier molecular flexibility index (Phi) is 3.32. The largest absolute Gasteiger partial charge is 0.396 e. The molecule has 0 aliphatic carbocycles. The number of carbonyl (C=O) groups is 1. The molecule has 1 heterocycles. The minimum Gasteiger partial charge on any atom is -0.396 e. The molecule has 1 aromatic rings. The Morgan fingerprint density at radius 3 is 2.93 bits per heavy atom. The van der Waals surface area contributed by atoms with Gasteiger partial charge in [0.25, 0.3) is 0 Å². The first-order chi connectivity index (χ1) is 6.59. The maximum absolute atomic E-state index is 10.4. The number of hydrogen-bond donors (Lipinski definition) is 2. The van der Waals surface area contributed by atoms with Crippen LogP contribution in [0, 0.1) is 11.8 Å². The quantitative estimate of drug-likeness (QED) is 0.523. The van der Waals surface area contributed by atoms with Crippen molar-refractivity contribution in [2.75, 3.05) is 5.73 Å². The Labute approximate surface area is 86.3 Å². The van der Waals surface area contributed by atoms with E-state index in [4.69, 9.17) is 23.1 Å². The van der Waals surface area contributed by atoms with Gasteiger partial charge in [0.1, 0.15) is 10.8 Å². The van der Waals surface area contributed by atoms with Gasteiger partial charge >= 0.3 is 0 Å². The van der Waals surface area contributed by atoms with Crippen LogP contribution in [0.4, 0.5) is 5.69 Å². The van der Waals surface area contributed by atoms with Crippen molar-refractivity contribution in [1.82, 2.24) is 4.98 Å². The molecule has 0 fully saturated rings. The Morgan fingerprint density at radius 1 is 1.57 bits per heavy atom. The number of pyridine rings is 1. The van der Waals surface area contributed by atoms with Crippen LogP contribution in [0.5, 0.6) is 0 Å². The van der Waals surface area contributed by atoms with E-state index in [9.17, 15) is 4.79 Å². The lowest BCUT2D eigenvalue weighted by atomic mass is 10.3. The highest BCUT2D eigenvalue weighted by Crippen LogP contribution is 2.11. The maximum atomic E-state index is 10.4. The van der Waals surface area contributed by atoms with Crippen molar-refractivity contribution in [2.45, 2.75) is 6.42 Å². The zero-order valence-corrected chi connectivity index (χ0v) is 8.01. The SMILES string of the molecule is NC(=O)CC#Cc1nc(Cl)ccc1N. The van der Waals surface area contributed by atoms with Crippen molar-refractivity contribution < 1.29 is 4.79 Å². The van der Waals surface area contributed by atoms with Crippen LogP contribution in [0.2, 0.25) is 5.15 Å². The lowest BCUT2D eigenvalue weighted by molar-refractivity contribution is -0.117. The molecule has 0 bridgehead atoms. The van der Waals surface area contributed by atoms with Crippen molar-refractivity contribution in [1.29, 1.82) is 0 Å². The van der Waals surface area contributed by atoms with Crippen molar-refractivity contribution in [3.63, 3.8) is 0 Å². The van der Waals surface area contributed by atoms with Crippen molar-refractivity contribution in [3.8, 4) is 11.8 Å². The highest BCUT2D eigenvalue weighted by atomic mass is 35.5. The summed E-state index contributed by atoms with van der Waals surface area (Å²) in [5, 5.41) is 0.308. The Balaban J connectivity index is 2.88. The molecule has 0 aliphatic heterocycles. The Bertz CT molecular complexity index is 420. The first kappa shape index (κ1) is 10.4. The lowest BCUT2D eigenvalue weighted by Gasteiger charge is -1.96. The summed E-state index contributed by atoms with van der Waals surface area (Å²) in [4.78, 5) is 14.3. The van der Waals surface area contributed by atoms with E-state index in [0.717, 1.165) is 0 Å². The first-order valence-electron chi connectivity index (χ1n) is 3.79. The topological polar surface area (TPSA) is 82.0 Å². The summed E-state index contributed by atoms with van der Waals surface area (Å²) in [6.07, 6.45) is -0.0202. The summed E-state index contributed by atoms with van der Waals surface area (Å²) in [7, 11) is 0. The maximum Gasteiger partial charge on any atom is 0.229 e. The highest BCUT2D eigenvalue weighted by molar-refractivity contribution is 6.29. The van der Waals surface area contributed by atoms with Gasteiger partial charge in [-0.15, -0.1) is 0 Å². The smallest absolute Gasteiger partial charge is 0.229 e. The minimum atomic E-state index is -0.488. The van der Waals surface area contributed by atoms with E-state index in [1.807, 2.05) is 0 Å². The van der Waals surface area contributed by atoms with Gasteiger partial charge in [-0.2, -0.15) is 0 Å². The number of primary amides is 1. The molecule has 1 amide bonds. The van der Waals surface area contributed by atoms with Gasteiger partial charge in [0.15, 0.2) is 0 Å². The van der Waals surface area contributed by atoms with Gasteiger partial charge < -0.3 is 11.5 Å². The van der Waals surface area contributed by atoms with Crippen molar-refractivity contribution >= 4 is 23.2 Å². The lowest BCUT2D eigenvalue weighted by Crippen LogP contribution is -2.08. The average molecular weight is 210 g/mol. The molecule has 0 radical (unpaired) electrons. The predicted molar refractivity (Wildman–Crippen MR) is 54.3 cm³/mol. The van der Waals surface area contributed by atoms with Gasteiger partial charge in [0.05, 0.1) is 12.1 Å². The molecule has 1 aromatic heterocycles. The Hall–Kier alpha value is -1.73. The number of nitrogens with two attached hydrogens (primary N) is 2. The number of hydrogen-bond acceptors (Lipinski definition) is 3. The molecule has 0 saturated heterocycles. The molecule has 5 heteroatoms. The molecule has 0 aliphatic rings. The third-order valence-electron chi connectivity index (χ3n) is 1.36. The summed E-state index contributed by atoms with van der Waals surface area (Å²) in [5.41, 5.74) is 11.3. The van der Waals surface area contributed by atoms with Gasteiger partial charge in [-0.3, -0.25) is 4.79 Å². The second-order valence-electron chi connectivity index (χ2n) is 2.52. The zero-order valence-electron chi connectivity index (χ0n) is 7.25. The summed E-state index contributed by atoms with van der Waals surface area (Å²) >= 11 is 5.63. The molecular weight excluding hydrogens is 202 g/mol. The minimum absolute atomic E-state index is 0.0202. The third-order valence-corrected chi connectivity index (χ3v) is 1.57. The number of aromatic nitrogens is 1. The number of nitrogen functional groups attached to an aromatic ring is 1. The summed E-state index contributed by atoms with van der Waals surface area (Å²) in [6.45, 7) is 0. The standard InChI is InChI=1S/C9H8ClN3O/c10-8-5-4-6(11)7(13-8)2-1-3-9(12)14/h4-5H,3,11H2,(H2,12,14). The molecule has 0 atom stereocenters. The second-order valence-corrected chi connectivity index (χ2v) is 2.90. The fourth-order valence-corrected chi connectivity index (χ4v) is 0.909. The molecule has 72 valence electrons. The van der Waals surface area contributed by atoms with Crippen LogP contribution in [-0.4, -0.2) is 10.9 Å².